The number of fused-ring (bicyclic) bond motifs is 1. The minimum Gasteiger partial charge on any atom is -0.451 e. The van der Waals surface area contributed by atoms with E-state index in [9.17, 15) is 4.79 Å². The maximum Gasteiger partial charge on any atom is 0.290 e. The van der Waals surface area contributed by atoms with Crippen molar-refractivity contribution >= 4 is 28.5 Å². The Morgan fingerprint density at radius 1 is 1.25 bits per heavy atom. The third-order valence-corrected chi connectivity index (χ3v) is 5.10. The van der Waals surface area contributed by atoms with Crippen molar-refractivity contribution in [1.82, 2.24) is 4.90 Å². The molecule has 2 aliphatic rings. The van der Waals surface area contributed by atoms with Gasteiger partial charge in [0.05, 0.1) is 19.3 Å². The Morgan fingerprint density at radius 3 is 2.83 bits per heavy atom. The summed E-state index contributed by atoms with van der Waals surface area (Å²) in [6.07, 6.45) is 2.63. The number of aryl methyl sites for hydroxylation is 1. The van der Waals surface area contributed by atoms with E-state index in [0.29, 0.717) is 36.1 Å². The molecule has 1 amide bonds. The number of hydrogen-bond acceptors (Lipinski definition) is 4. The molecule has 1 aromatic heterocycles. The topological polar surface area (TPSA) is 51.9 Å². The molecule has 5 nitrogen and oxygen atoms in total. The van der Waals surface area contributed by atoms with E-state index in [-0.39, 0.29) is 18.2 Å². The van der Waals surface area contributed by atoms with Crippen LogP contribution in [0.1, 0.15) is 35.4 Å². The number of furan rings is 1. The second kappa shape index (κ2) is 6.39. The molecule has 1 atom stereocenters. The fraction of sp³-hybridized carbons (Fsp3) is 0.500. The highest BCUT2D eigenvalue weighted by Gasteiger charge is 2.38. The predicted octanol–water partition coefficient (Wildman–Crippen LogP) is 3.76. The summed E-state index contributed by atoms with van der Waals surface area (Å²) in [7, 11) is 0. The van der Waals surface area contributed by atoms with Crippen molar-refractivity contribution in [3.8, 4) is 0 Å². The number of carbonyl (C=O) groups is 1. The van der Waals surface area contributed by atoms with Crippen molar-refractivity contribution in [3.05, 3.63) is 34.5 Å². The van der Waals surface area contributed by atoms with Crippen LogP contribution in [0, 0.1) is 6.92 Å². The van der Waals surface area contributed by atoms with E-state index in [0.717, 1.165) is 30.2 Å². The lowest BCUT2D eigenvalue weighted by Gasteiger charge is -2.37. The van der Waals surface area contributed by atoms with Crippen molar-refractivity contribution < 1.29 is 18.7 Å². The normalized spacial score (nSPS) is 22.4. The molecule has 2 aromatic rings. The van der Waals surface area contributed by atoms with E-state index in [4.69, 9.17) is 25.5 Å². The average Bonchev–Trinajstić information content (AvgIpc) is 3.23. The largest absolute Gasteiger partial charge is 0.451 e. The predicted molar refractivity (Wildman–Crippen MR) is 90.3 cm³/mol. The molecule has 24 heavy (non-hydrogen) atoms. The van der Waals surface area contributed by atoms with Crippen LogP contribution in [0.2, 0.25) is 5.02 Å². The van der Waals surface area contributed by atoms with Crippen molar-refractivity contribution in [2.45, 2.75) is 38.5 Å². The van der Waals surface area contributed by atoms with E-state index >= 15 is 0 Å². The first-order valence-corrected chi connectivity index (χ1v) is 8.76. The summed E-state index contributed by atoms with van der Waals surface area (Å²) in [5.41, 5.74) is 1.51. The van der Waals surface area contributed by atoms with Crippen molar-refractivity contribution in [1.29, 1.82) is 0 Å². The first kappa shape index (κ1) is 15.9. The zero-order valence-electron chi connectivity index (χ0n) is 13.6. The maximum absolute atomic E-state index is 13.1. The molecule has 0 bridgehead atoms. The zero-order chi connectivity index (χ0) is 16.7. The fourth-order valence-electron chi connectivity index (χ4n) is 3.62. The van der Waals surface area contributed by atoms with Crippen molar-refractivity contribution in [3.63, 3.8) is 0 Å². The molecule has 4 rings (SSSR count). The van der Waals surface area contributed by atoms with Crippen LogP contribution in [0.25, 0.3) is 11.0 Å². The van der Waals surface area contributed by atoms with Gasteiger partial charge in [0.1, 0.15) is 5.58 Å². The minimum absolute atomic E-state index is 0.0510. The number of rotatable bonds is 2. The first-order chi connectivity index (χ1) is 11.6. The van der Waals surface area contributed by atoms with Gasteiger partial charge in [-0.2, -0.15) is 0 Å². The number of halogens is 1. The lowest BCUT2D eigenvalue weighted by Crippen LogP contribution is -2.50. The third kappa shape index (κ3) is 2.70. The summed E-state index contributed by atoms with van der Waals surface area (Å²) in [5, 5.41) is 1.52. The fourth-order valence-corrected chi connectivity index (χ4v) is 3.79. The summed E-state index contributed by atoms with van der Waals surface area (Å²) >= 11 is 6.07. The Balaban J connectivity index is 1.67. The summed E-state index contributed by atoms with van der Waals surface area (Å²) in [4.78, 5) is 15.0. The highest BCUT2D eigenvalue weighted by molar-refractivity contribution is 6.31. The summed E-state index contributed by atoms with van der Waals surface area (Å²) in [6, 6.07) is 5.36. The molecule has 128 valence electrons. The molecule has 0 aliphatic carbocycles. The molecule has 2 aliphatic heterocycles. The molecular formula is C18H20ClNO4. The Bertz CT molecular complexity index is 766. The SMILES string of the molecule is Cc1c(C(=O)N2CCCCC2C2OCCO2)oc2ccc(Cl)cc12. The second-order valence-electron chi connectivity index (χ2n) is 6.37. The van der Waals surface area contributed by atoms with Gasteiger partial charge < -0.3 is 18.8 Å². The molecule has 3 heterocycles. The van der Waals surface area contributed by atoms with Crippen molar-refractivity contribution in [2.24, 2.45) is 0 Å². The number of piperidine rings is 1. The minimum atomic E-state index is -0.326. The number of amides is 1. The van der Waals surface area contributed by atoms with Gasteiger partial charge in [-0.25, -0.2) is 0 Å². The molecule has 6 heteroatoms. The van der Waals surface area contributed by atoms with Crippen LogP contribution < -0.4 is 0 Å². The molecule has 1 unspecified atom stereocenters. The molecule has 2 fully saturated rings. The van der Waals surface area contributed by atoms with E-state index in [1.54, 1.807) is 12.1 Å². The Hall–Kier alpha value is -1.56. The summed E-state index contributed by atoms with van der Waals surface area (Å²) < 4.78 is 17.1. The Labute approximate surface area is 145 Å². The average molecular weight is 350 g/mol. The first-order valence-electron chi connectivity index (χ1n) is 8.38. The number of nitrogens with zero attached hydrogens (tertiary/aromatic N) is 1. The van der Waals surface area contributed by atoms with Crippen LogP contribution in [0.15, 0.2) is 22.6 Å². The van der Waals surface area contributed by atoms with E-state index < -0.39 is 0 Å². The van der Waals surface area contributed by atoms with Gasteiger partial charge in [0, 0.05) is 22.5 Å². The van der Waals surface area contributed by atoms with E-state index in [1.807, 2.05) is 17.9 Å². The summed E-state index contributed by atoms with van der Waals surface area (Å²) in [5.74, 6) is 0.292. The number of hydrogen-bond donors (Lipinski definition) is 0. The number of benzene rings is 1. The van der Waals surface area contributed by atoms with E-state index in [1.165, 1.54) is 0 Å². The number of likely N-dealkylation sites (tertiary alicyclic amines) is 1. The van der Waals surface area contributed by atoms with Crippen LogP contribution >= 0.6 is 11.6 Å². The quantitative estimate of drug-likeness (QED) is 0.828. The lowest BCUT2D eigenvalue weighted by atomic mass is 10.0. The van der Waals surface area contributed by atoms with Gasteiger partial charge in [-0.1, -0.05) is 11.6 Å². The van der Waals surface area contributed by atoms with Crippen LogP contribution in [-0.4, -0.2) is 42.9 Å². The molecule has 0 spiro atoms. The van der Waals surface area contributed by atoms with Gasteiger partial charge in [-0.15, -0.1) is 0 Å². The van der Waals surface area contributed by atoms with Crippen molar-refractivity contribution in [2.75, 3.05) is 19.8 Å². The number of ether oxygens (including phenoxy) is 2. The van der Waals surface area contributed by atoms with Crippen LogP contribution in [-0.2, 0) is 9.47 Å². The molecule has 2 saturated heterocycles. The highest BCUT2D eigenvalue weighted by atomic mass is 35.5. The molecule has 0 saturated carbocycles. The lowest BCUT2D eigenvalue weighted by molar-refractivity contribution is -0.100. The Morgan fingerprint density at radius 2 is 2.04 bits per heavy atom. The third-order valence-electron chi connectivity index (χ3n) is 4.86. The highest BCUT2D eigenvalue weighted by Crippen LogP contribution is 2.31. The van der Waals surface area contributed by atoms with Crippen LogP contribution in [0.3, 0.4) is 0 Å². The maximum atomic E-state index is 13.1. The van der Waals surface area contributed by atoms with Gasteiger partial charge in [0.25, 0.3) is 5.91 Å². The zero-order valence-corrected chi connectivity index (χ0v) is 14.3. The van der Waals surface area contributed by atoms with E-state index in [2.05, 4.69) is 0 Å². The van der Waals surface area contributed by atoms with Crippen LogP contribution in [0.4, 0.5) is 0 Å². The van der Waals surface area contributed by atoms with Gasteiger partial charge in [0.2, 0.25) is 0 Å². The molecule has 1 aromatic carbocycles. The summed E-state index contributed by atoms with van der Waals surface area (Å²) in [6.45, 7) is 3.78. The Kier molecular flexibility index (Phi) is 4.24. The second-order valence-corrected chi connectivity index (χ2v) is 6.80. The molecule has 0 radical (unpaired) electrons. The number of carbonyl (C=O) groups excluding carboxylic acids is 1. The molecule has 0 N–H and O–H groups in total. The van der Waals surface area contributed by atoms with Gasteiger partial charge in [-0.05, 0) is 44.4 Å². The monoisotopic (exact) mass is 349 g/mol. The molecular weight excluding hydrogens is 330 g/mol. The smallest absolute Gasteiger partial charge is 0.290 e. The van der Waals surface area contributed by atoms with Gasteiger partial charge >= 0.3 is 0 Å². The van der Waals surface area contributed by atoms with Gasteiger partial charge in [-0.3, -0.25) is 4.79 Å². The van der Waals surface area contributed by atoms with Gasteiger partial charge in [0.15, 0.2) is 12.1 Å². The standard InChI is InChI=1S/C18H20ClNO4/c1-11-13-10-12(19)5-6-15(13)24-16(11)17(21)20-7-3-2-4-14(20)18-22-8-9-23-18/h5-6,10,14,18H,2-4,7-9H2,1H3. The van der Waals surface area contributed by atoms with Crippen LogP contribution in [0.5, 0.6) is 0 Å².